The minimum Gasteiger partial charge on any atom is -0.481 e. The summed E-state index contributed by atoms with van der Waals surface area (Å²) < 4.78 is 1.50. The number of aromatic nitrogens is 4. The van der Waals surface area contributed by atoms with Crippen molar-refractivity contribution in [1.29, 1.82) is 0 Å². The Bertz CT molecular complexity index is 2160. The van der Waals surface area contributed by atoms with Crippen LogP contribution < -0.4 is 21.5 Å². The summed E-state index contributed by atoms with van der Waals surface area (Å²) in [6, 6.07) is 20.4. The summed E-state index contributed by atoms with van der Waals surface area (Å²) in [5.41, 5.74) is 5.99. The fourth-order valence-corrected chi connectivity index (χ4v) is 6.17. The molecule has 53 heavy (non-hydrogen) atoms. The van der Waals surface area contributed by atoms with Gasteiger partial charge in [-0.3, -0.25) is 29.1 Å². The van der Waals surface area contributed by atoms with E-state index in [1.807, 2.05) is 60.7 Å². The molecule has 4 amide bonds. The van der Waals surface area contributed by atoms with E-state index in [0.29, 0.717) is 56.0 Å². The second-order valence-corrected chi connectivity index (χ2v) is 12.8. The number of carbonyl (C=O) groups is 4. The maximum Gasteiger partial charge on any atom is 0.322 e. The molecular formula is C39H40N8O6. The minimum atomic E-state index is -1.07. The van der Waals surface area contributed by atoms with Crippen LogP contribution in [0.4, 0.5) is 10.5 Å². The van der Waals surface area contributed by atoms with Gasteiger partial charge < -0.3 is 26.0 Å². The maximum atomic E-state index is 13.9. The van der Waals surface area contributed by atoms with Crippen LogP contribution in [0.5, 0.6) is 0 Å². The Morgan fingerprint density at radius 2 is 1.60 bits per heavy atom. The number of nitrogens with zero attached hydrogens (tertiary/aromatic N) is 5. The van der Waals surface area contributed by atoms with E-state index in [1.165, 1.54) is 4.68 Å². The molecule has 1 aliphatic rings. The zero-order chi connectivity index (χ0) is 37.2. The normalized spacial score (nSPS) is 12.0. The van der Waals surface area contributed by atoms with E-state index in [9.17, 15) is 24.0 Å². The number of pyridine rings is 2. The Balaban J connectivity index is 1.10. The predicted octanol–water partition coefficient (Wildman–Crippen LogP) is 4.73. The van der Waals surface area contributed by atoms with Crippen molar-refractivity contribution in [2.75, 3.05) is 18.4 Å². The third-order valence-corrected chi connectivity index (χ3v) is 8.99. The lowest BCUT2D eigenvalue weighted by Gasteiger charge is -2.17. The number of aliphatic carboxylic acids is 1. The standard InChI is InChI=1S/C39H40N8O6/c48-35(14-15-37(50)51)43-23-36(49)42-17-3-1-2-4-20-47-38(52)32(30-7-5-9-33-31(30)8-6-18-41-33)21-34(45-47)26-10-12-29(13-11-26)44-39(53)46-24-27-16-19-40-22-28(27)25-46/h5-13,16,18-19,21-22H,1-4,14-15,17,20,23-25H2,(H,42,49)(H,43,48)(H,44,53)(H,50,51). The minimum absolute atomic E-state index is 0.177. The Morgan fingerprint density at radius 3 is 2.42 bits per heavy atom. The highest BCUT2D eigenvalue weighted by Crippen LogP contribution is 2.29. The number of hydrogen-bond acceptors (Lipinski definition) is 8. The highest BCUT2D eigenvalue weighted by atomic mass is 16.4. The third kappa shape index (κ3) is 9.47. The molecule has 0 bridgehead atoms. The first kappa shape index (κ1) is 36.4. The van der Waals surface area contributed by atoms with Crippen molar-refractivity contribution in [3.63, 3.8) is 0 Å². The summed E-state index contributed by atoms with van der Waals surface area (Å²) in [7, 11) is 0. The van der Waals surface area contributed by atoms with Gasteiger partial charge in [0.05, 0.1) is 29.7 Å². The van der Waals surface area contributed by atoms with Crippen molar-refractivity contribution in [2.45, 2.75) is 58.2 Å². The van der Waals surface area contributed by atoms with Gasteiger partial charge in [0.2, 0.25) is 11.8 Å². The fourth-order valence-electron chi connectivity index (χ4n) is 6.17. The Kier molecular flexibility index (Phi) is 11.8. The number of carboxylic acids is 1. The van der Waals surface area contributed by atoms with Gasteiger partial charge in [0.1, 0.15) is 0 Å². The Hall–Kier alpha value is -6.44. The number of amides is 4. The number of benzene rings is 2. The summed E-state index contributed by atoms with van der Waals surface area (Å²) >= 11 is 0. The molecule has 14 nitrogen and oxygen atoms in total. The van der Waals surface area contributed by atoms with Crippen molar-refractivity contribution in [3.05, 3.63) is 107 Å². The van der Waals surface area contributed by atoms with E-state index >= 15 is 0 Å². The van der Waals surface area contributed by atoms with Gasteiger partial charge in [-0.05, 0) is 65.9 Å². The SMILES string of the molecule is O=C(O)CCC(=O)NCC(=O)NCCCCCCn1nc(-c2ccc(NC(=O)N3Cc4ccncc4C3)cc2)cc(-c2cccc3ncccc23)c1=O. The quantitative estimate of drug-likeness (QED) is 0.111. The van der Waals surface area contributed by atoms with Crippen LogP contribution in [0.3, 0.4) is 0 Å². The second kappa shape index (κ2) is 17.2. The van der Waals surface area contributed by atoms with Crippen molar-refractivity contribution in [3.8, 4) is 22.4 Å². The Labute approximate surface area is 305 Å². The van der Waals surface area contributed by atoms with E-state index in [1.54, 1.807) is 29.6 Å². The first-order chi connectivity index (χ1) is 25.7. The molecule has 5 aromatic rings. The number of anilines is 1. The summed E-state index contributed by atoms with van der Waals surface area (Å²) in [4.78, 5) is 71.5. The number of nitrogens with one attached hydrogen (secondary N) is 3. The number of carbonyl (C=O) groups excluding carboxylic acids is 3. The van der Waals surface area contributed by atoms with Crippen molar-refractivity contribution in [2.24, 2.45) is 0 Å². The largest absolute Gasteiger partial charge is 0.481 e. The zero-order valence-corrected chi connectivity index (χ0v) is 29.1. The molecule has 2 aromatic carbocycles. The molecular weight excluding hydrogens is 676 g/mol. The van der Waals surface area contributed by atoms with Gasteiger partial charge in [0.25, 0.3) is 5.56 Å². The average molecular weight is 717 g/mol. The summed E-state index contributed by atoms with van der Waals surface area (Å²) in [6.07, 6.45) is 7.76. The van der Waals surface area contributed by atoms with Crippen molar-refractivity contribution >= 4 is 40.4 Å². The topological polar surface area (TPSA) is 189 Å². The molecule has 0 atom stereocenters. The van der Waals surface area contributed by atoms with Gasteiger partial charge in [-0.15, -0.1) is 0 Å². The lowest BCUT2D eigenvalue weighted by atomic mass is 10.00. The average Bonchev–Trinajstić information content (AvgIpc) is 3.61. The van der Waals surface area contributed by atoms with Gasteiger partial charge in [0, 0.05) is 67.8 Å². The second-order valence-electron chi connectivity index (χ2n) is 12.8. The predicted molar refractivity (Wildman–Crippen MR) is 199 cm³/mol. The molecule has 3 aromatic heterocycles. The molecule has 0 unspecified atom stereocenters. The highest BCUT2D eigenvalue weighted by Gasteiger charge is 2.23. The molecule has 272 valence electrons. The molecule has 0 fully saturated rings. The van der Waals surface area contributed by atoms with Crippen molar-refractivity contribution in [1.82, 2.24) is 35.3 Å². The van der Waals surface area contributed by atoms with Gasteiger partial charge in [-0.2, -0.15) is 5.10 Å². The van der Waals surface area contributed by atoms with E-state index in [2.05, 4.69) is 25.9 Å². The van der Waals surface area contributed by atoms with Crippen LogP contribution >= 0.6 is 0 Å². The van der Waals surface area contributed by atoms with Gasteiger partial charge in [0.15, 0.2) is 0 Å². The molecule has 4 N–H and O–H groups in total. The number of aryl methyl sites for hydroxylation is 1. The number of carboxylic acid groups (broad SMARTS) is 1. The number of rotatable bonds is 15. The van der Waals surface area contributed by atoms with Crippen LogP contribution in [0.1, 0.15) is 49.7 Å². The number of unbranched alkanes of at least 4 members (excludes halogenated alkanes) is 3. The maximum absolute atomic E-state index is 13.9. The van der Waals surface area contributed by atoms with Crippen LogP contribution in [0, 0.1) is 0 Å². The van der Waals surface area contributed by atoms with Crippen LogP contribution in [0.25, 0.3) is 33.3 Å². The monoisotopic (exact) mass is 716 g/mol. The first-order valence-corrected chi connectivity index (χ1v) is 17.5. The summed E-state index contributed by atoms with van der Waals surface area (Å²) in [6.45, 7) is 1.63. The van der Waals surface area contributed by atoms with E-state index in [0.717, 1.165) is 46.0 Å². The summed E-state index contributed by atoms with van der Waals surface area (Å²) in [5, 5.41) is 22.4. The molecule has 1 aliphatic heterocycles. The highest BCUT2D eigenvalue weighted by molar-refractivity contribution is 5.95. The molecule has 0 radical (unpaired) electrons. The fraction of sp³-hybridized carbons (Fsp3) is 0.282. The van der Waals surface area contributed by atoms with Crippen LogP contribution in [-0.4, -0.2) is 66.7 Å². The Morgan fingerprint density at radius 1 is 0.792 bits per heavy atom. The third-order valence-electron chi connectivity index (χ3n) is 8.99. The first-order valence-electron chi connectivity index (χ1n) is 17.5. The lowest BCUT2D eigenvalue weighted by Crippen LogP contribution is -2.37. The number of fused-ring (bicyclic) bond motifs is 2. The molecule has 4 heterocycles. The number of hydrogen-bond donors (Lipinski definition) is 4. The molecule has 0 spiro atoms. The van der Waals surface area contributed by atoms with Crippen LogP contribution in [0.2, 0.25) is 0 Å². The van der Waals surface area contributed by atoms with Gasteiger partial charge >= 0.3 is 12.0 Å². The molecule has 6 rings (SSSR count). The smallest absolute Gasteiger partial charge is 0.322 e. The summed E-state index contributed by atoms with van der Waals surface area (Å²) in [5.74, 6) is -1.90. The van der Waals surface area contributed by atoms with Crippen molar-refractivity contribution < 1.29 is 24.3 Å². The van der Waals surface area contributed by atoms with E-state index in [4.69, 9.17) is 10.2 Å². The van der Waals surface area contributed by atoms with Gasteiger partial charge in [-0.25, -0.2) is 9.48 Å². The zero-order valence-electron chi connectivity index (χ0n) is 29.1. The van der Waals surface area contributed by atoms with E-state index in [-0.39, 0.29) is 36.9 Å². The van der Waals surface area contributed by atoms with Crippen LogP contribution in [0.15, 0.2) is 90.1 Å². The molecule has 14 heteroatoms. The molecule has 0 saturated heterocycles. The van der Waals surface area contributed by atoms with Crippen LogP contribution in [-0.2, 0) is 34.0 Å². The molecule has 0 saturated carbocycles. The van der Waals surface area contributed by atoms with E-state index < -0.39 is 11.9 Å². The molecule has 0 aliphatic carbocycles. The lowest BCUT2D eigenvalue weighted by molar-refractivity contribution is -0.138. The van der Waals surface area contributed by atoms with Gasteiger partial charge in [-0.1, -0.05) is 43.2 Å². The number of urea groups is 1.